The summed E-state index contributed by atoms with van der Waals surface area (Å²) in [5.41, 5.74) is 1.92. The second kappa shape index (κ2) is 10.3. The molecule has 0 atom stereocenters. The summed E-state index contributed by atoms with van der Waals surface area (Å²) in [6, 6.07) is 7.87. The number of hydrogen-bond donors (Lipinski definition) is 2. The third-order valence-electron chi connectivity index (χ3n) is 3.29. The molecule has 0 saturated carbocycles. The van der Waals surface area contributed by atoms with Gasteiger partial charge in [-0.15, -0.1) is 0 Å². The van der Waals surface area contributed by atoms with Gasteiger partial charge in [0.1, 0.15) is 0 Å². The minimum Gasteiger partial charge on any atom is -0.385 e. The average Bonchev–Trinajstić information content (AvgIpc) is 2.41. The van der Waals surface area contributed by atoms with E-state index in [2.05, 4.69) is 17.6 Å². The van der Waals surface area contributed by atoms with Crippen molar-refractivity contribution in [3.05, 3.63) is 24.3 Å². The largest absolute Gasteiger partial charge is 0.385 e. The third kappa shape index (κ3) is 7.82. The zero-order valence-corrected chi connectivity index (χ0v) is 12.9. The van der Waals surface area contributed by atoms with E-state index < -0.39 is 0 Å². The molecule has 1 rings (SSSR count). The number of carbonyl (C=O) groups excluding carboxylic acids is 1. The van der Waals surface area contributed by atoms with Gasteiger partial charge in [0.05, 0.1) is 0 Å². The maximum absolute atomic E-state index is 11.0. The van der Waals surface area contributed by atoms with Crippen LogP contribution in [0, 0.1) is 0 Å². The van der Waals surface area contributed by atoms with Crippen LogP contribution < -0.4 is 10.6 Å². The highest BCUT2D eigenvalue weighted by Crippen LogP contribution is 2.15. The van der Waals surface area contributed by atoms with Crippen LogP contribution in [0.5, 0.6) is 0 Å². The fourth-order valence-corrected chi connectivity index (χ4v) is 2.23. The first-order valence-electron chi connectivity index (χ1n) is 7.84. The van der Waals surface area contributed by atoms with Gasteiger partial charge < -0.3 is 10.6 Å². The lowest BCUT2D eigenvalue weighted by Gasteiger charge is -2.08. The van der Waals surface area contributed by atoms with E-state index >= 15 is 0 Å². The van der Waals surface area contributed by atoms with Crippen LogP contribution in [-0.2, 0) is 4.79 Å². The summed E-state index contributed by atoms with van der Waals surface area (Å²) >= 11 is 0. The zero-order valence-electron chi connectivity index (χ0n) is 12.9. The number of nitrogens with one attached hydrogen (secondary N) is 2. The van der Waals surface area contributed by atoms with Crippen molar-refractivity contribution in [2.45, 2.75) is 58.8 Å². The molecule has 0 unspecified atom stereocenters. The molecule has 0 fully saturated rings. The molecule has 1 aromatic rings. The van der Waals surface area contributed by atoms with Gasteiger partial charge in [-0.3, -0.25) is 4.79 Å². The highest BCUT2D eigenvalue weighted by molar-refractivity contribution is 5.89. The SMILES string of the molecule is CCCCCCCCCNc1cccc(NC(C)=O)c1. The van der Waals surface area contributed by atoms with Crippen molar-refractivity contribution in [3.8, 4) is 0 Å². The number of rotatable bonds is 10. The summed E-state index contributed by atoms with van der Waals surface area (Å²) in [7, 11) is 0. The van der Waals surface area contributed by atoms with Crippen LogP contribution in [0.2, 0.25) is 0 Å². The van der Waals surface area contributed by atoms with Gasteiger partial charge in [0.25, 0.3) is 0 Å². The quantitative estimate of drug-likeness (QED) is 0.602. The average molecular weight is 276 g/mol. The maximum Gasteiger partial charge on any atom is 0.221 e. The van der Waals surface area contributed by atoms with E-state index in [0.717, 1.165) is 17.9 Å². The molecule has 1 amide bonds. The zero-order chi connectivity index (χ0) is 14.6. The topological polar surface area (TPSA) is 41.1 Å². The van der Waals surface area contributed by atoms with Crippen LogP contribution in [0.15, 0.2) is 24.3 Å². The number of benzene rings is 1. The second-order valence-electron chi connectivity index (χ2n) is 5.31. The third-order valence-corrected chi connectivity index (χ3v) is 3.29. The van der Waals surface area contributed by atoms with E-state index in [0.29, 0.717) is 0 Å². The molecule has 0 aliphatic carbocycles. The first-order chi connectivity index (χ1) is 9.72. The molecule has 2 N–H and O–H groups in total. The molecular formula is C17H28N2O. The van der Waals surface area contributed by atoms with Crippen LogP contribution >= 0.6 is 0 Å². The summed E-state index contributed by atoms with van der Waals surface area (Å²) in [6.07, 6.45) is 9.27. The smallest absolute Gasteiger partial charge is 0.221 e. The van der Waals surface area contributed by atoms with Gasteiger partial charge in [-0.2, -0.15) is 0 Å². The van der Waals surface area contributed by atoms with E-state index in [1.165, 1.54) is 51.9 Å². The van der Waals surface area contributed by atoms with Gasteiger partial charge in [0, 0.05) is 24.8 Å². The monoisotopic (exact) mass is 276 g/mol. The van der Waals surface area contributed by atoms with Crippen molar-refractivity contribution < 1.29 is 4.79 Å². The van der Waals surface area contributed by atoms with Crippen LogP contribution in [0.3, 0.4) is 0 Å². The Morgan fingerprint density at radius 2 is 1.65 bits per heavy atom. The van der Waals surface area contributed by atoms with Crippen LogP contribution in [-0.4, -0.2) is 12.5 Å². The van der Waals surface area contributed by atoms with Crippen molar-refractivity contribution in [2.75, 3.05) is 17.2 Å². The van der Waals surface area contributed by atoms with Crippen molar-refractivity contribution >= 4 is 17.3 Å². The number of unbranched alkanes of at least 4 members (excludes halogenated alkanes) is 6. The Balaban J connectivity index is 2.14. The fraction of sp³-hybridized carbons (Fsp3) is 0.588. The van der Waals surface area contributed by atoms with Crippen LogP contribution in [0.4, 0.5) is 11.4 Å². The second-order valence-corrected chi connectivity index (χ2v) is 5.31. The maximum atomic E-state index is 11.0. The molecule has 3 nitrogen and oxygen atoms in total. The standard InChI is InChI=1S/C17H28N2O/c1-3-4-5-6-7-8-9-13-18-16-11-10-12-17(14-16)19-15(2)20/h10-12,14,18H,3-9,13H2,1-2H3,(H,19,20). The number of carbonyl (C=O) groups is 1. The predicted molar refractivity (Wildman–Crippen MR) is 87.2 cm³/mol. The van der Waals surface area contributed by atoms with Crippen LogP contribution in [0.25, 0.3) is 0 Å². The van der Waals surface area contributed by atoms with Crippen LogP contribution in [0.1, 0.15) is 58.8 Å². The van der Waals surface area contributed by atoms with Crippen molar-refractivity contribution in [2.24, 2.45) is 0 Å². The normalized spacial score (nSPS) is 10.3. The van der Waals surface area contributed by atoms with Gasteiger partial charge in [0.15, 0.2) is 0 Å². The Morgan fingerprint density at radius 3 is 2.35 bits per heavy atom. The number of anilines is 2. The predicted octanol–water partition coefficient (Wildman–Crippen LogP) is 4.81. The summed E-state index contributed by atoms with van der Waals surface area (Å²) < 4.78 is 0. The van der Waals surface area contributed by atoms with Gasteiger partial charge in [-0.25, -0.2) is 0 Å². The molecular weight excluding hydrogens is 248 g/mol. The summed E-state index contributed by atoms with van der Waals surface area (Å²) in [5, 5.41) is 6.21. The first-order valence-corrected chi connectivity index (χ1v) is 7.84. The molecule has 0 heterocycles. The Morgan fingerprint density at radius 1 is 1.00 bits per heavy atom. The van der Waals surface area contributed by atoms with Crippen molar-refractivity contribution in [3.63, 3.8) is 0 Å². The van der Waals surface area contributed by atoms with Gasteiger partial charge >= 0.3 is 0 Å². The van der Waals surface area contributed by atoms with E-state index in [4.69, 9.17) is 0 Å². The summed E-state index contributed by atoms with van der Waals surface area (Å²) in [5.74, 6) is -0.0331. The minimum atomic E-state index is -0.0331. The van der Waals surface area contributed by atoms with Gasteiger partial charge in [-0.05, 0) is 24.6 Å². The van der Waals surface area contributed by atoms with Crippen molar-refractivity contribution in [1.82, 2.24) is 0 Å². The number of amides is 1. The minimum absolute atomic E-state index is 0.0331. The molecule has 0 bridgehead atoms. The summed E-state index contributed by atoms with van der Waals surface area (Å²) in [6.45, 7) is 4.77. The number of hydrogen-bond acceptors (Lipinski definition) is 2. The highest BCUT2D eigenvalue weighted by Gasteiger charge is 1.97. The van der Waals surface area contributed by atoms with E-state index in [-0.39, 0.29) is 5.91 Å². The lowest BCUT2D eigenvalue weighted by Crippen LogP contribution is -2.06. The Bertz CT molecular complexity index is 390. The molecule has 1 aromatic carbocycles. The molecule has 0 aliphatic heterocycles. The van der Waals surface area contributed by atoms with Gasteiger partial charge in [0.2, 0.25) is 5.91 Å². The van der Waals surface area contributed by atoms with Crippen molar-refractivity contribution in [1.29, 1.82) is 0 Å². The van der Waals surface area contributed by atoms with E-state index in [1.54, 1.807) is 0 Å². The molecule has 3 heteroatoms. The highest BCUT2D eigenvalue weighted by atomic mass is 16.1. The van der Waals surface area contributed by atoms with E-state index in [9.17, 15) is 4.79 Å². The molecule has 0 radical (unpaired) electrons. The van der Waals surface area contributed by atoms with E-state index in [1.807, 2.05) is 24.3 Å². The Kier molecular flexibility index (Phi) is 8.52. The lowest BCUT2D eigenvalue weighted by molar-refractivity contribution is -0.114. The molecule has 20 heavy (non-hydrogen) atoms. The molecule has 0 aliphatic rings. The molecule has 112 valence electrons. The lowest BCUT2D eigenvalue weighted by atomic mass is 10.1. The Hall–Kier alpha value is -1.51. The first kappa shape index (κ1) is 16.5. The molecule has 0 spiro atoms. The molecule has 0 aromatic heterocycles. The summed E-state index contributed by atoms with van der Waals surface area (Å²) in [4.78, 5) is 11.0. The van der Waals surface area contributed by atoms with Gasteiger partial charge in [-0.1, -0.05) is 51.5 Å². The fourth-order valence-electron chi connectivity index (χ4n) is 2.23. The Labute approximate surface area is 123 Å². The molecule has 0 saturated heterocycles.